The zero-order chi connectivity index (χ0) is 17.3. The van der Waals surface area contributed by atoms with E-state index >= 15 is 0 Å². The van der Waals surface area contributed by atoms with Gasteiger partial charge in [0.1, 0.15) is 5.56 Å². The molecule has 122 valence electrons. The Bertz CT molecular complexity index is 1000. The van der Waals surface area contributed by atoms with Gasteiger partial charge in [0.25, 0.3) is 5.91 Å². The van der Waals surface area contributed by atoms with Crippen LogP contribution in [0.2, 0.25) is 10.0 Å². The van der Waals surface area contributed by atoms with Gasteiger partial charge in [-0.05, 0) is 35.9 Å². The number of amides is 1. The number of hydrogen-bond acceptors (Lipinski definition) is 2. The third-order valence-corrected chi connectivity index (χ3v) is 4.76. The maximum Gasteiger partial charge on any atom is 0.257 e. The summed E-state index contributed by atoms with van der Waals surface area (Å²) in [5, 5.41) is 4.03. The zero-order valence-electron chi connectivity index (χ0n) is 12.2. The number of carbonyl (C=O) groups excluding carboxylic acids is 1. The summed E-state index contributed by atoms with van der Waals surface area (Å²) in [5.41, 5.74) is 1.20. The number of nitrogens with one attached hydrogen (secondary N) is 2. The van der Waals surface area contributed by atoms with Crippen LogP contribution >= 0.6 is 39.1 Å². The first-order valence-electron chi connectivity index (χ1n) is 6.99. The quantitative estimate of drug-likeness (QED) is 0.647. The molecule has 0 unspecified atom stereocenters. The highest BCUT2D eigenvalue weighted by molar-refractivity contribution is 9.10. The maximum atomic E-state index is 12.5. The highest BCUT2D eigenvalue weighted by Gasteiger charge is 2.13. The van der Waals surface area contributed by atoms with Crippen LogP contribution in [0.4, 0.5) is 0 Å². The minimum atomic E-state index is -0.452. The van der Waals surface area contributed by atoms with Crippen LogP contribution in [0.25, 0.3) is 10.9 Å². The van der Waals surface area contributed by atoms with Gasteiger partial charge in [-0.1, -0.05) is 45.2 Å². The summed E-state index contributed by atoms with van der Waals surface area (Å²) < 4.78 is 0.850. The molecule has 2 aromatic carbocycles. The largest absolute Gasteiger partial charge is 0.360 e. The van der Waals surface area contributed by atoms with Gasteiger partial charge in [0, 0.05) is 22.6 Å². The number of fused-ring (bicyclic) bond motifs is 1. The van der Waals surface area contributed by atoms with Crippen LogP contribution in [-0.4, -0.2) is 10.9 Å². The maximum absolute atomic E-state index is 12.5. The van der Waals surface area contributed by atoms with Gasteiger partial charge in [0.05, 0.1) is 15.6 Å². The number of carbonyl (C=O) groups is 1. The SMILES string of the molecule is O=C(NCc1ccc(Cl)c(Cl)c1)c1c[nH]c2cc(Br)ccc2c1=O. The van der Waals surface area contributed by atoms with Gasteiger partial charge in [0.15, 0.2) is 0 Å². The van der Waals surface area contributed by atoms with Crippen molar-refractivity contribution in [3.8, 4) is 0 Å². The number of aromatic nitrogens is 1. The molecule has 0 bridgehead atoms. The van der Waals surface area contributed by atoms with E-state index < -0.39 is 5.91 Å². The highest BCUT2D eigenvalue weighted by atomic mass is 79.9. The third kappa shape index (κ3) is 3.48. The molecule has 7 heteroatoms. The van der Waals surface area contributed by atoms with Crippen LogP contribution in [0, 0.1) is 0 Å². The molecule has 4 nitrogen and oxygen atoms in total. The summed E-state index contributed by atoms with van der Waals surface area (Å²) in [6, 6.07) is 10.3. The molecule has 0 radical (unpaired) electrons. The van der Waals surface area contributed by atoms with Crippen LogP contribution in [0.1, 0.15) is 15.9 Å². The lowest BCUT2D eigenvalue weighted by Gasteiger charge is -2.07. The molecule has 0 fully saturated rings. The van der Waals surface area contributed by atoms with Gasteiger partial charge in [-0.3, -0.25) is 9.59 Å². The Labute approximate surface area is 155 Å². The molecule has 0 aliphatic rings. The Hall–Kier alpha value is -1.82. The fourth-order valence-electron chi connectivity index (χ4n) is 2.29. The smallest absolute Gasteiger partial charge is 0.257 e. The summed E-state index contributed by atoms with van der Waals surface area (Å²) >= 11 is 15.1. The van der Waals surface area contributed by atoms with E-state index in [0.29, 0.717) is 20.9 Å². The predicted molar refractivity (Wildman–Crippen MR) is 99.9 cm³/mol. The van der Waals surface area contributed by atoms with Crippen LogP contribution in [0.15, 0.2) is 51.9 Å². The van der Waals surface area contributed by atoms with Crippen molar-refractivity contribution in [2.24, 2.45) is 0 Å². The van der Waals surface area contributed by atoms with Crippen molar-refractivity contribution in [1.29, 1.82) is 0 Å². The van der Waals surface area contributed by atoms with E-state index in [1.54, 1.807) is 36.4 Å². The van der Waals surface area contributed by atoms with E-state index in [1.165, 1.54) is 6.20 Å². The van der Waals surface area contributed by atoms with E-state index in [1.807, 2.05) is 0 Å². The lowest BCUT2D eigenvalue weighted by molar-refractivity contribution is 0.0949. The molecule has 0 aliphatic carbocycles. The normalized spacial score (nSPS) is 10.8. The molecular weight excluding hydrogens is 415 g/mol. The van der Waals surface area contributed by atoms with E-state index in [4.69, 9.17) is 23.2 Å². The second-order valence-electron chi connectivity index (χ2n) is 5.15. The van der Waals surface area contributed by atoms with Gasteiger partial charge in [0.2, 0.25) is 5.43 Å². The van der Waals surface area contributed by atoms with Gasteiger partial charge in [-0.15, -0.1) is 0 Å². The minimum Gasteiger partial charge on any atom is -0.360 e. The van der Waals surface area contributed by atoms with E-state index in [2.05, 4.69) is 26.2 Å². The van der Waals surface area contributed by atoms with Crippen molar-refractivity contribution in [3.05, 3.63) is 78.5 Å². The van der Waals surface area contributed by atoms with Crippen molar-refractivity contribution in [2.45, 2.75) is 6.54 Å². The van der Waals surface area contributed by atoms with Crippen LogP contribution in [-0.2, 0) is 6.54 Å². The molecule has 0 saturated heterocycles. The molecule has 1 heterocycles. The molecule has 3 rings (SSSR count). The number of hydrogen-bond donors (Lipinski definition) is 2. The van der Waals surface area contributed by atoms with Crippen molar-refractivity contribution in [1.82, 2.24) is 10.3 Å². The second kappa shape index (κ2) is 6.97. The summed E-state index contributed by atoms with van der Waals surface area (Å²) in [5.74, 6) is -0.452. The van der Waals surface area contributed by atoms with Gasteiger partial charge >= 0.3 is 0 Å². The first-order valence-corrected chi connectivity index (χ1v) is 8.53. The Kier molecular flexibility index (Phi) is 4.94. The summed E-state index contributed by atoms with van der Waals surface area (Å²) in [4.78, 5) is 27.7. The molecule has 2 N–H and O–H groups in total. The molecule has 24 heavy (non-hydrogen) atoms. The van der Waals surface area contributed by atoms with Gasteiger partial charge in [-0.25, -0.2) is 0 Å². The first-order chi connectivity index (χ1) is 11.5. The number of aromatic amines is 1. The average molecular weight is 426 g/mol. The fraction of sp³-hybridized carbons (Fsp3) is 0.0588. The van der Waals surface area contributed by atoms with Crippen LogP contribution < -0.4 is 10.7 Å². The number of halogens is 3. The highest BCUT2D eigenvalue weighted by Crippen LogP contribution is 2.22. The second-order valence-corrected chi connectivity index (χ2v) is 6.88. The molecule has 0 saturated carbocycles. The van der Waals surface area contributed by atoms with E-state index in [-0.39, 0.29) is 17.5 Å². The monoisotopic (exact) mass is 424 g/mol. The number of benzene rings is 2. The Morgan fingerprint density at radius 3 is 2.67 bits per heavy atom. The molecule has 0 aliphatic heterocycles. The fourth-order valence-corrected chi connectivity index (χ4v) is 2.97. The third-order valence-electron chi connectivity index (χ3n) is 3.52. The predicted octanol–water partition coefficient (Wildman–Crippen LogP) is 4.53. The van der Waals surface area contributed by atoms with Crippen molar-refractivity contribution in [3.63, 3.8) is 0 Å². The summed E-state index contributed by atoms with van der Waals surface area (Å²) in [6.07, 6.45) is 1.42. The lowest BCUT2D eigenvalue weighted by Crippen LogP contribution is -2.28. The van der Waals surface area contributed by atoms with Crippen molar-refractivity contribution >= 4 is 55.9 Å². The van der Waals surface area contributed by atoms with Crippen molar-refractivity contribution < 1.29 is 4.79 Å². The molecule has 0 atom stereocenters. The first kappa shape index (κ1) is 17.0. The van der Waals surface area contributed by atoms with Crippen molar-refractivity contribution in [2.75, 3.05) is 0 Å². The molecule has 1 aromatic heterocycles. The molecule has 3 aromatic rings. The van der Waals surface area contributed by atoms with Gasteiger partial charge < -0.3 is 10.3 Å². The molecule has 1 amide bonds. The Morgan fingerprint density at radius 1 is 1.12 bits per heavy atom. The summed E-state index contributed by atoms with van der Waals surface area (Å²) in [6.45, 7) is 0.244. The molecule has 0 spiro atoms. The van der Waals surface area contributed by atoms with Gasteiger partial charge in [-0.2, -0.15) is 0 Å². The Morgan fingerprint density at radius 2 is 1.92 bits per heavy atom. The lowest BCUT2D eigenvalue weighted by atomic mass is 10.1. The number of rotatable bonds is 3. The average Bonchev–Trinajstić information content (AvgIpc) is 2.56. The van der Waals surface area contributed by atoms with Crippen LogP contribution in [0.3, 0.4) is 0 Å². The number of H-pyrrole nitrogens is 1. The Balaban J connectivity index is 1.83. The van der Waals surface area contributed by atoms with Crippen LogP contribution in [0.5, 0.6) is 0 Å². The minimum absolute atomic E-state index is 0.0601. The zero-order valence-corrected chi connectivity index (χ0v) is 15.3. The van der Waals surface area contributed by atoms with E-state index in [9.17, 15) is 9.59 Å². The number of pyridine rings is 1. The molecular formula is C17H11BrCl2N2O2. The standard InChI is InChI=1S/C17H11BrCl2N2O2/c18-10-2-3-11-15(6-10)21-8-12(16(11)23)17(24)22-7-9-1-4-13(19)14(20)5-9/h1-6,8H,7H2,(H,21,23)(H,22,24). The summed E-state index contributed by atoms with van der Waals surface area (Å²) in [7, 11) is 0. The van der Waals surface area contributed by atoms with E-state index in [0.717, 1.165) is 10.0 Å². The topological polar surface area (TPSA) is 62.0 Å².